The molecule has 0 aromatic heterocycles. The quantitative estimate of drug-likeness (QED) is 0.784. The van der Waals surface area contributed by atoms with E-state index in [2.05, 4.69) is 24.1 Å². The summed E-state index contributed by atoms with van der Waals surface area (Å²) in [6.07, 6.45) is 0. The van der Waals surface area contributed by atoms with Gasteiger partial charge in [-0.15, -0.1) is 0 Å². The van der Waals surface area contributed by atoms with Crippen molar-refractivity contribution >= 4 is 5.69 Å². The average molecular weight is 222 g/mol. The summed E-state index contributed by atoms with van der Waals surface area (Å²) >= 11 is 0. The lowest BCUT2D eigenvalue weighted by atomic mass is 10.1. The van der Waals surface area contributed by atoms with E-state index in [1.54, 1.807) is 6.07 Å². The first kappa shape index (κ1) is 11.4. The Bertz CT molecular complexity index is 378. The van der Waals surface area contributed by atoms with Gasteiger partial charge in [-0.3, -0.25) is 0 Å². The molecule has 1 aromatic carbocycles. The van der Waals surface area contributed by atoms with Crippen molar-refractivity contribution in [3.63, 3.8) is 0 Å². The minimum Gasteiger partial charge on any atom is -0.364 e. The molecule has 16 heavy (non-hydrogen) atoms. The van der Waals surface area contributed by atoms with Crippen molar-refractivity contribution in [2.75, 3.05) is 18.0 Å². The van der Waals surface area contributed by atoms with E-state index in [1.165, 1.54) is 0 Å². The van der Waals surface area contributed by atoms with Crippen molar-refractivity contribution in [3.05, 3.63) is 29.6 Å². The highest BCUT2D eigenvalue weighted by Crippen LogP contribution is 2.24. The number of anilines is 1. The second kappa shape index (κ2) is 4.42. The van der Waals surface area contributed by atoms with Crippen LogP contribution in [-0.4, -0.2) is 25.2 Å². The van der Waals surface area contributed by atoms with Crippen LogP contribution < -0.4 is 10.2 Å². The molecular weight excluding hydrogens is 203 g/mol. The third-order valence-electron chi connectivity index (χ3n) is 3.18. The molecule has 0 saturated carbocycles. The fraction of sp³-hybridized carbons (Fsp3) is 0.538. The fourth-order valence-electron chi connectivity index (χ4n) is 2.20. The highest BCUT2D eigenvalue weighted by atomic mass is 19.1. The molecule has 1 saturated heterocycles. The first-order chi connectivity index (χ1) is 7.58. The van der Waals surface area contributed by atoms with Crippen LogP contribution in [0.1, 0.15) is 19.4 Å². The summed E-state index contributed by atoms with van der Waals surface area (Å²) in [6, 6.07) is 6.22. The van der Waals surface area contributed by atoms with E-state index in [0.717, 1.165) is 24.3 Å². The number of hydrogen-bond acceptors (Lipinski definition) is 2. The fourth-order valence-corrected chi connectivity index (χ4v) is 2.20. The van der Waals surface area contributed by atoms with Crippen LogP contribution >= 0.6 is 0 Å². The second-order valence-corrected chi connectivity index (χ2v) is 4.77. The van der Waals surface area contributed by atoms with E-state index < -0.39 is 0 Å². The molecule has 2 nitrogen and oxygen atoms in total. The predicted octanol–water partition coefficient (Wildman–Crippen LogP) is 2.32. The lowest BCUT2D eigenvalue weighted by Crippen LogP contribution is -2.54. The van der Waals surface area contributed by atoms with Gasteiger partial charge in [0.2, 0.25) is 0 Å². The van der Waals surface area contributed by atoms with Gasteiger partial charge >= 0.3 is 0 Å². The molecule has 1 aliphatic rings. The highest BCUT2D eigenvalue weighted by molar-refractivity contribution is 5.50. The zero-order valence-electron chi connectivity index (χ0n) is 10.1. The molecule has 3 heteroatoms. The number of nitrogens with one attached hydrogen (secondary N) is 1. The molecule has 0 aliphatic carbocycles. The largest absolute Gasteiger partial charge is 0.364 e. The normalized spacial score (nSPS) is 25.9. The monoisotopic (exact) mass is 222 g/mol. The molecule has 0 amide bonds. The van der Waals surface area contributed by atoms with Gasteiger partial charge in [-0.25, -0.2) is 4.39 Å². The van der Waals surface area contributed by atoms with Crippen molar-refractivity contribution in [1.82, 2.24) is 5.32 Å². The summed E-state index contributed by atoms with van der Waals surface area (Å²) in [7, 11) is 0. The van der Waals surface area contributed by atoms with Crippen LogP contribution in [0.4, 0.5) is 10.1 Å². The maximum absolute atomic E-state index is 13.9. The number of nitrogens with zero attached hydrogens (tertiary/aromatic N) is 1. The maximum atomic E-state index is 13.9. The molecule has 1 heterocycles. The molecule has 88 valence electrons. The topological polar surface area (TPSA) is 15.3 Å². The lowest BCUT2D eigenvalue weighted by molar-refractivity contribution is 0.420. The Labute approximate surface area is 96.5 Å². The molecule has 2 atom stereocenters. The first-order valence-corrected chi connectivity index (χ1v) is 5.84. The minimum atomic E-state index is -0.110. The van der Waals surface area contributed by atoms with Crippen LogP contribution in [0.3, 0.4) is 0 Å². The van der Waals surface area contributed by atoms with Gasteiger partial charge in [0.25, 0.3) is 0 Å². The molecular formula is C13H19FN2. The van der Waals surface area contributed by atoms with Crippen molar-refractivity contribution in [2.24, 2.45) is 0 Å². The number of benzene rings is 1. The number of rotatable bonds is 1. The summed E-state index contributed by atoms with van der Waals surface area (Å²) in [5, 5.41) is 3.40. The van der Waals surface area contributed by atoms with Crippen molar-refractivity contribution < 1.29 is 4.39 Å². The summed E-state index contributed by atoms with van der Waals surface area (Å²) in [5.41, 5.74) is 1.70. The van der Waals surface area contributed by atoms with Crippen LogP contribution in [0.2, 0.25) is 0 Å². The summed E-state index contributed by atoms with van der Waals surface area (Å²) in [6.45, 7) is 7.94. The molecule has 1 fully saturated rings. The van der Waals surface area contributed by atoms with E-state index >= 15 is 0 Å². The summed E-state index contributed by atoms with van der Waals surface area (Å²) in [4.78, 5) is 2.15. The molecule has 2 rings (SSSR count). The number of hydrogen-bond donors (Lipinski definition) is 1. The zero-order chi connectivity index (χ0) is 11.7. The van der Waals surface area contributed by atoms with Crippen molar-refractivity contribution in [3.8, 4) is 0 Å². The van der Waals surface area contributed by atoms with Gasteiger partial charge < -0.3 is 10.2 Å². The molecule has 0 radical (unpaired) electrons. The standard InChI is InChI=1S/C13H19FN2/c1-9-4-5-13(12(14)6-9)16-8-10(2)15-7-11(16)3/h4-6,10-11,15H,7-8H2,1-3H3/t10-,11+/m0/s1. The molecule has 1 N–H and O–H groups in total. The Morgan fingerprint density at radius 3 is 2.81 bits per heavy atom. The van der Waals surface area contributed by atoms with E-state index in [9.17, 15) is 4.39 Å². The van der Waals surface area contributed by atoms with Gasteiger partial charge in [-0.05, 0) is 38.5 Å². The van der Waals surface area contributed by atoms with Gasteiger partial charge in [0.15, 0.2) is 0 Å². The minimum absolute atomic E-state index is 0.110. The Hall–Kier alpha value is -1.09. The van der Waals surface area contributed by atoms with Crippen LogP contribution in [0.15, 0.2) is 18.2 Å². The van der Waals surface area contributed by atoms with Crippen LogP contribution in [0.5, 0.6) is 0 Å². The molecule has 0 spiro atoms. The Kier molecular flexibility index (Phi) is 3.15. The molecule has 0 bridgehead atoms. The van der Waals surface area contributed by atoms with E-state index in [1.807, 2.05) is 19.1 Å². The highest BCUT2D eigenvalue weighted by Gasteiger charge is 2.24. The third-order valence-corrected chi connectivity index (χ3v) is 3.18. The van der Waals surface area contributed by atoms with E-state index in [0.29, 0.717) is 12.1 Å². The first-order valence-electron chi connectivity index (χ1n) is 5.84. The third kappa shape index (κ3) is 2.19. The Morgan fingerprint density at radius 2 is 2.12 bits per heavy atom. The Balaban J connectivity index is 2.28. The van der Waals surface area contributed by atoms with Gasteiger partial charge in [0, 0.05) is 25.2 Å². The molecule has 1 aromatic rings. The smallest absolute Gasteiger partial charge is 0.146 e. The van der Waals surface area contributed by atoms with Gasteiger partial charge in [-0.2, -0.15) is 0 Å². The van der Waals surface area contributed by atoms with Gasteiger partial charge in [-0.1, -0.05) is 6.07 Å². The van der Waals surface area contributed by atoms with Crippen molar-refractivity contribution in [1.29, 1.82) is 0 Å². The van der Waals surface area contributed by atoms with Gasteiger partial charge in [0.1, 0.15) is 5.82 Å². The second-order valence-electron chi connectivity index (χ2n) is 4.77. The van der Waals surface area contributed by atoms with Gasteiger partial charge in [0.05, 0.1) is 5.69 Å². The lowest BCUT2D eigenvalue weighted by Gasteiger charge is -2.39. The van der Waals surface area contributed by atoms with E-state index in [4.69, 9.17) is 0 Å². The van der Waals surface area contributed by atoms with Crippen LogP contribution in [0.25, 0.3) is 0 Å². The molecule has 0 unspecified atom stereocenters. The number of piperazine rings is 1. The number of aryl methyl sites for hydroxylation is 1. The van der Waals surface area contributed by atoms with E-state index in [-0.39, 0.29) is 5.82 Å². The maximum Gasteiger partial charge on any atom is 0.146 e. The predicted molar refractivity (Wildman–Crippen MR) is 65.4 cm³/mol. The Morgan fingerprint density at radius 1 is 1.38 bits per heavy atom. The van der Waals surface area contributed by atoms with Crippen LogP contribution in [0, 0.1) is 12.7 Å². The summed E-state index contributed by atoms with van der Waals surface area (Å²) < 4.78 is 13.9. The van der Waals surface area contributed by atoms with Crippen molar-refractivity contribution in [2.45, 2.75) is 32.9 Å². The SMILES string of the molecule is Cc1ccc(N2C[C@H](C)NC[C@H]2C)c(F)c1. The summed E-state index contributed by atoms with van der Waals surface area (Å²) in [5.74, 6) is -0.110. The molecule has 1 aliphatic heterocycles. The average Bonchev–Trinajstić information content (AvgIpc) is 2.22. The van der Waals surface area contributed by atoms with Crippen LogP contribution in [-0.2, 0) is 0 Å². The number of halogens is 1. The zero-order valence-corrected chi connectivity index (χ0v) is 10.1.